The minimum absolute atomic E-state index is 0.152. The molecule has 0 aliphatic carbocycles. The summed E-state index contributed by atoms with van der Waals surface area (Å²) in [7, 11) is -3.71. The largest absolute Gasteiger partial charge is 0.466 e. The number of sulfonamides is 1. The molecule has 0 bridgehead atoms. The number of esters is 1. The molecule has 0 amide bonds. The van der Waals surface area contributed by atoms with Crippen LogP contribution in [-0.4, -0.2) is 48.6 Å². The maximum absolute atomic E-state index is 13.2. The fraction of sp³-hybridized carbons (Fsp3) is 0.348. The molecule has 1 saturated heterocycles. The van der Waals surface area contributed by atoms with Crippen molar-refractivity contribution in [2.24, 2.45) is 5.92 Å². The molecule has 168 valence electrons. The second-order valence-electron chi connectivity index (χ2n) is 7.74. The summed E-state index contributed by atoms with van der Waals surface area (Å²) in [6, 6.07) is 14.2. The van der Waals surface area contributed by atoms with E-state index < -0.39 is 10.0 Å². The van der Waals surface area contributed by atoms with Gasteiger partial charge in [0.1, 0.15) is 0 Å². The Bertz CT molecular complexity index is 1200. The van der Waals surface area contributed by atoms with Crippen molar-refractivity contribution in [1.29, 1.82) is 0 Å². The van der Waals surface area contributed by atoms with E-state index in [-0.39, 0.29) is 35.8 Å². The van der Waals surface area contributed by atoms with Crippen LogP contribution in [0.25, 0.3) is 22.9 Å². The van der Waals surface area contributed by atoms with Gasteiger partial charge in [-0.05, 0) is 57.0 Å². The quantitative estimate of drug-likeness (QED) is 0.523. The summed E-state index contributed by atoms with van der Waals surface area (Å²) in [5.41, 5.74) is 2.44. The van der Waals surface area contributed by atoms with E-state index in [9.17, 15) is 13.2 Å². The molecule has 0 unspecified atom stereocenters. The number of ether oxygens (including phenoxy) is 1. The van der Waals surface area contributed by atoms with Gasteiger partial charge in [-0.25, -0.2) is 8.42 Å². The molecule has 0 radical (unpaired) electrons. The average molecular weight is 456 g/mol. The van der Waals surface area contributed by atoms with Crippen molar-refractivity contribution in [3.8, 4) is 22.9 Å². The van der Waals surface area contributed by atoms with Crippen LogP contribution >= 0.6 is 0 Å². The standard InChI is InChI=1S/C23H25N3O5S/c1-3-30-23(27)18-11-13-26(14-12-18)32(28,29)20-6-4-5-19(15-20)22-25-24-21(31-22)17-9-7-16(2)8-10-17/h4-10,15,18H,3,11-14H2,1-2H3. The number of carbonyl (C=O) groups excluding carboxylic acids is 1. The Kier molecular flexibility index (Phi) is 6.38. The number of hydrogen-bond acceptors (Lipinski definition) is 7. The summed E-state index contributed by atoms with van der Waals surface area (Å²) in [5, 5.41) is 8.19. The lowest BCUT2D eigenvalue weighted by Crippen LogP contribution is -2.40. The second-order valence-corrected chi connectivity index (χ2v) is 9.67. The number of nitrogens with zero attached hydrogens (tertiary/aromatic N) is 3. The van der Waals surface area contributed by atoms with Crippen molar-refractivity contribution in [3.63, 3.8) is 0 Å². The van der Waals surface area contributed by atoms with Crippen LogP contribution in [0.4, 0.5) is 0 Å². The van der Waals surface area contributed by atoms with Crippen molar-refractivity contribution < 1.29 is 22.4 Å². The van der Waals surface area contributed by atoms with Crippen LogP contribution in [0.15, 0.2) is 57.8 Å². The minimum atomic E-state index is -3.71. The minimum Gasteiger partial charge on any atom is -0.466 e. The van der Waals surface area contributed by atoms with E-state index in [2.05, 4.69) is 10.2 Å². The normalized spacial score (nSPS) is 15.6. The molecule has 0 atom stereocenters. The molecule has 2 aromatic carbocycles. The highest BCUT2D eigenvalue weighted by atomic mass is 32.2. The van der Waals surface area contributed by atoms with E-state index in [1.165, 1.54) is 4.31 Å². The van der Waals surface area contributed by atoms with E-state index in [0.29, 0.717) is 30.9 Å². The third-order valence-corrected chi connectivity index (χ3v) is 7.41. The van der Waals surface area contributed by atoms with Gasteiger partial charge in [-0.1, -0.05) is 23.8 Å². The molecule has 9 heteroatoms. The summed E-state index contributed by atoms with van der Waals surface area (Å²) >= 11 is 0. The van der Waals surface area contributed by atoms with Gasteiger partial charge in [-0.15, -0.1) is 10.2 Å². The molecule has 3 aromatic rings. The first-order chi connectivity index (χ1) is 15.4. The van der Waals surface area contributed by atoms with E-state index in [4.69, 9.17) is 9.15 Å². The molecule has 1 aliphatic heterocycles. The van der Waals surface area contributed by atoms with E-state index in [1.54, 1.807) is 31.2 Å². The number of hydrogen-bond donors (Lipinski definition) is 0. The maximum Gasteiger partial charge on any atom is 0.309 e. The Labute approximate surface area is 187 Å². The molecule has 32 heavy (non-hydrogen) atoms. The fourth-order valence-electron chi connectivity index (χ4n) is 3.68. The lowest BCUT2D eigenvalue weighted by Gasteiger charge is -2.30. The monoisotopic (exact) mass is 455 g/mol. The van der Waals surface area contributed by atoms with Crippen LogP contribution in [0.1, 0.15) is 25.3 Å². The lowest BCUT2D eigenvalue weighted by molar-refractivity contribution is -0.149. The first-order valence-corrected chi connectivity index (χ1v) is 12.0. The Morgan fingerprint density at radius 1 is 1.06 bits per heavy atom. The fourth-order valence-corrected chi connectivity index (χ4v) is 5.20. The zero-order valence-electron chi connectivity index (χ0n) is 18.0. The van der Waals surface area contributed by atoms with Crippen molar-refractivity contribution in [1.82, 2.24) is 14.5 Å². The zero-order chi connectivity index (χ0) is 22.7. The molecule has 8 nitrogen and oxygen atoms in total. The maximum atomic E-state index is 13.2. The SMILES string of the molecule is CCOC(=O)C1CCN(S(=O)(=O)c2cccc(-c3nnc(-c4ccc(C)cc4)o3)c2)CC1. The van der Waals surface area contributed by atoms with Crippen LogP contribution in [0, 0.1) is 12.8 Å². The topological polar surface area (TPSA) is 103 Å². The molecule has 4 rings (SSSR count). The van der Waals surface area contributed by atoms with Gasteiger partial charge in [0.2, 0.25) is 21.8 Å². The van der Waals surface area contributed by atoms with Crippen molar-refractivity contribution in [2.45, 2.75) is 31.6 Å². The Morgan fingerprint density at radius 2 is 1.72 bits per heavy atom. The van der Waals surface area contributed by atoms with Crippen molar-refractivity contribution in [2.75, 3.05) is 19.7 Å². The summed E-state index contributed by atoms with van der Waals surface area (Å²) in [4.78, 5) is 12.1. The van der Waals surface area contributed by atoms with E-state index in [1.807, 2.05) is 31.2 Å². The Morgan fingerprint density at radius 3 is 2.38 bits per heavy atom. The molecule has 0 N–H and O–H groups in total. The number of carbonyl (C=O) groups is 1. The van der Waals surface area contributed by atoms with Gasteiger partial charge in [-0.2, -0.15) is 4.31 Å². The van der Waals surface area contributed by atoms with Crippen LogP contribution < -0.4 is 0 Å². The van der Waals surface area contributed by atoms with Crippen molar-refractivity contribution >= 4 is 16.0 Å². The van der Waals surface area contributed by atoms with E-state index in [0.717, 1.165) is 11.1 Å². The Hall–Kier alpha value is -3.04. The highest BCUT2D eigenvalue weighted by Crippen LogP contribution is 2.29. The summed E-state index contributed by atoms with van der Waals surface area (Å²) < 4.78 is 38.6. The van der Waals surface area contributed by atoms with Gasteiger partial charge < -0.3 is 9.15 Å². The summed E-state index contributed by atoms with van der Waals surface area (Å²) in [6.45, 7) is 4.62. The first-order valence-electron chi connectivity index (χ1n) is 10.6. The number of rotatable bonds is 6. The average Bonchev–Trinajstić information content (AvgIpc) is 3.30. The molecular formula is C23H25N3O5S. The van der Waals surface area contributed by atoms with Gasteiger partial charge >= 0.3 is 5.97 Å². The van der Waals surface area contributed by atoms with Crippen molar-refractivity contribution in [3.05, 3.63) is 54.1 Å². The molecule has 2 heterocycles. The number of benzene rings is 2. The van der Waals surface area contributed by atoms with E-state index >= 15 is 0 Å². The van der Waals surface area contributed by atoms with Crippen LogP contribution in [0.2, 0.25) is 0 Å². The predicted octanol–water partition coefficient (Wildman–Crippen LogP) is 3.68. The molecule has 1 aromatic heterocycles. The molecular weight excluding hydrogens is 430 g/mol. The highest BCUT2D eigenvalue weighted by molar-refractivity contribution is 7.89. The van der Waals surface area contributed by atoms with Gasteiger partial charge in [-0.3, -0.25) is 4.79 Å². The van der Waals surface area contributed by atoms with Gasteiger partial charge in [0, 0.05) is 24.2 Å². The predicted molar refractivity (Wildman–Crippen MR) is 118 cm³/mol. The summed E-state index contributed by atoms with van der Waals surface area (Å²) in [5.74, 6) is 0.103. The summed E-state index contributed by atoms with van der Waals surface area (Å²) in [6.07, 6.45) is 0.892. The van der Waals surface area contributed by atoms with Crippen LogP contribution in [0.5, 0.6) is 0 Å². The molecule has 1 aliphatic rings. The smallest absolute Gasteiger partial charge is 0.309 e. The first kappa shape index (κ1) is 22.2. The molecule has 0 saturated carbocycles. The molecule has 1 fully saturated rings. The van der Waals surface area contributed by atoms with Gasteiger partial charge in [0.05, 0.1) is 17.4 Å². The third-order valence-electron chi connectivity index (χ3n) is 5.52. The lowest BCUT2D eigenvalue weighted by atomic mass is 9.98. The number of aromatic nitrogens is 2. The second kappa shape index (κ2) is 9.22. The third kappa shape index (κ3) is 4.58. The van der Waals surface area contributed by atoms with Gasteiger partial charge in [0.15, 0.2) is 0 Å². The van der Waals surface area contributed by atoms with Crippen LogP contribution in [-0.2, 0) is 19.6 Å². The number of piperidine rings is 1. The number of aryl methyl sites for hydroxylation is 1. The Balaban J connectivity index is 1.52. The zero-order valence-corrected chi connectivity index (χ0v) is 18.8. The van der Waals surface area contributed by atoms with Gasteiger partial charge in [0.25, 0.3) is 0 Å². The van der Waals surface area contributed by atoms with Crippen LogP contribution in [0.3, 0.4) is 0 Å². The highest BCUT2D eigenvalue weighted by Gasteiger charge is 2.33. The molecule has 0 spiro atoms.